The molecular weight excluding hydrogens is 424 g/mol. The van der Waals surface area contributed by atoms with Gasteiger partial charge in [-0.3, -0.25) is 9.59 Å². The fourth-order valence-electron chi connectivity index (χ4n) is 6.28. The molecular formula is C26H37ClN2O3. The number of hydrogen-bond donors (Lipinski definition) is 1. The Hall–Kier alpha value is -1.59. The average Bonchev–Trinajstić information content (AvgIpc) is 2.85. The molecule has 0 radical (unpaired) electrons. The van der Waals surface area contributed by atoms with Crippen molar-refractivity contribution < 1.29 is 14.3 Å². The van der Waals surface area contributed by atoms with Gasteiger partial charge in [-0.05, 0) is 69.2 Å². The summed E-state index contributed by atoms with van der Waals surface area (Å²) in [6.07, 6.45) is 8.20. The van der Waals surface area contributed by atoms with Crippen LogP contribution in [0, 0.1) is 17.3 Å². The highest BCUT2D eigenvalue weighted by atomic mass is 35.5. The molecule has 176 valence electrons. The van der Waals surface area contributed by atoms with Crippen molar-refractivity contribution in [3.05, 3.63) is 34.9 Å². The molecule has 3 fully saturated rings. The van der Waals surface area contributed by atoms with Crippen molar-refractivity contribution in [3.63, 3.8) is 0 Å². The first-order valence-electron chi connectivity index (χ1n) is 12.5. The minimum absolute atomic E-state index is 0.0257. The van der Waals surface area contributed by atoms with E-state index in [0.29, 0.717) is 25.6 Å². The van der Waals surface area contributed by atoms with Gasteiger partial charge in [0.1, 0.15) is 0 Å². The maximum Gasteiger partial charge on any atom is 0.312 e. The van der Waals surface area contributed by atoms with Gasteiger partial charge in [0.2, 0.25) is 5.91 Å². The quantitative estimate of drug-likeness (QED) is 0.642. The second-order valence-corrected chi connectivity index (χ2v) is 10.2. The summed E-state index contributed by atoms with van der Waals surface area (Å²) in [5.74, 6) is 0.742. The first-order chi connectivity index (χ1) is 15.5. The van der Waals surface area contributed by atoms with Crippen LogP contribution in [-0.4, -0.2) is 49.6 Å². The Morgan fingerprint density at radius 1 is 1.09 bits per heavy atom. The van der Waals surface area contributed by atoms with Crippen molar-refractivity contribution >= 4 is 23.5 Å². The lowest BCUT2D eigenvalue weighted by atomic mass is 9.63. The van der Waals surface area contributed by atoms with Gasteiger partial charge in [-0.1, -0.05) is 43.0 Å². The van der Waals surface area contributed by atoms with Crippen molar-refractivity contribution in [2.75, 3.05) is 32.8 Å². The molecule has 5 nitrogen and oxygen atoms in total. The zero-order chi connectivity index (χ0) is 22.6. The Morgan fingerprint density at radius 2 is 1.78 bits per heavy atom. The molecule has 2 aliphatic heterocycles. The number of rotatable bonds is 5. The maximum absolute atomic E-state index is 13.6. The summed E-state index contributed by atoms with van der Waals surface area (Å²) >= 11 is 6.08. The summed E-state index contributed by atoms with van der Waals surface area (Å²) in [5, 5.41) is 4.17. The number of nitrogens with zero attached hydrogens (tertiary/aromatic N) is 1. The predicted molar refractivity (Wildman–Crippen MR) is 127 cm³/mol. The Morgan fingerprint density at radius 3 is 2.44 bits per heavy atom. The number of piperidine rings is 2. The van der Waals surface area contributed by atoms with E-state index in [1.165, 1.54) is 24.8 Å². The first-order valence-corrected chi connectivity index (χ1v) is 12.8. The van der Waals surface area contributed by atoms with Crippen LogP contribution in [-0.2, 0) is 14.3 Å². The van der Waals surface area contributed by atoms with Crippen LogP contribution < -0.4 is 5.32 Å². The lowest BCUT2D eigenvalue weighted by Crippen LogP contribution is -2.53. The standard InChI is InChI=1S/C26H37ClN2O3/c1-2-32-25(31)26(20-6-4-3-5-7-20)13-16-29(17-14-26)24(30)22-12-15-28-18-23(22)19-8-10-21(27)11-9-19/h8-11,20,22-23,28H,2-7,12-18H2,1H3/t22-,23+/m0/s1. The smallest absolute Gasteiger partial charge is 0.312 e. The highest BCUT2D eigenvalue weighted by Crippen LogP contribution is 2.47. The molecule has 1 saturated carbocycles. The van der Waals surface area contributed by atoms with Crippen LogP contribution in [0.1, 0.15) is 69.8 Å². The largest absolute Gasteiger partial charge is 0.466 e. The van der Waals surface area contributed by atoms with Gasteiger partial charge in [-0.2, -0.15) is 0 Å². The van der Waals surface area contributed by atoms with Crippen LogP contribution in [0.15, 0.2) is 24.3 Å². The zero-order valence-electron chi connectivity index (χ0n) is 19.3. The van der Waals surface area contributed by atoms with E-state index in [1.54, 1.807) is 0 Å². The van der Waals surface area contributed by atoms with Gasteiger partial charge in [0, 0.05) is 36.5 Å². The molecule has 4 rings (SSSR count). The van der Waals surface area contributed by atoms with Crippen LogP contribution in [0.3, 0.4) is 0 Å². The third kappa shape index (κ3) is 4.84. The first kappa shape index (κ1) is 23.6. The molecule has 1 amide bonds. The number of hydrogen-bond acceptors (Lipinski definition) is 4. The topological polar surface area (TPSA) is 58.6 Å². The minimum Gasteiger partial charge on any atom is -0.466 e. The molecule has 2 saturated heterocycles. The number of ether oxygens (including phenoxy) is 1. The SMILES string of the molecule is CCOC(=O)C1(C2CCCCC2)CCN(C(=O)[C@H]2CCNC[C@@H]2c2ccc(Cl)cc2)CC1. The summed E-state index contributed by atoms with van der Waals surface area (Å²) in [4.78, 5) is 28.8. The van der Waals surface area contributed by atoms with E-state index in [4.69, 9.17) is 16.3 Å². The number of halogens is 1. The Kier molecular flexibility index (Phi) is 7.78. The zero-order valence-corrected chi connectivity index (χ0v) is 20.0. The molecule has 2 atom stereocenters. The number of nitrogens with one attached hydrogen (secondary N) is 1. The van der Waals surface area contributed by atoms with Crippen LogP contribution in [0.5, 0.6) is 0 Å². The second kappa shape index (κ2) is 10.6. The lowest BCUT2D eigenvalue weighted by Gasteiger charge is -2.47. The summed E-state index contributed by atoms with van der Waals surface area (Å²) < 4.78 is 5.57. The summed E-state index contributed by atoms with van der Waals surface area (Å²) in [7, 11) is 0. The van der Waals surface area contributed by atoms with Gasteiger partial charge in [-0.15, -0.1) is 0 Å². The van der Waals surface area contributed by atoms with Crippen LogP contribution in [0.2, 0.25) is 5.02 Å². The number of benzene rings is 1. The van der Waals surface area contributed by atoms with Crippen LogP contribution in [0.25, 0.3) is 0 Å². The molecule has 1 aliphatic carbocycles. The van der Waals surface area contributed by atoms with Crippen molar-refractivity contribution in [1.82, 2.24) is 10.2 Å². The van der Waals surface area contributed by atoms with E-state index < -0.39 is 5.41 Å². The number of carbonyl (C=O) groups excluding carboxylic acids is 2. The van der Waals surface area contributed by atoms with E-state index in [2.05, 4.69) is 5.32 Å². The third-order valence-corrected chi connectivity index (χ3v) is 8.39. The molecule has 0 aromatic heterocycles. The van der Waals surface area contributed by atoms with Gasteiger partial charge >= 0.3 is 5.97 Å². The Balaban J connectivity index is 1.47. The second-order valence-electron chi connectivity index (χ2n) is 9.79. The number of amides is 1. The lowest BCUT2D eigenvalue weighted by molar-refractivity contribution is -0.166. The molecule has 1 aromatic carbocycles. The molecule has 6 heteroatoms. The third-order valence-electron chi connectivity index (χ3n) is 8.13. The predicted octanol–water partition coefficient (Wildman–Crippen LogP) is 4.79. The molecule has 32 heavy (non-hydrogen) atoms. The van der Waals surface area contributed by atoms with Gasteiger partial charge in [0.25, 0.3) is 0 Å². The molecule has 1 N–H and O–H groups in total. The molecule has 0 unspecified atom stereocenters. The van der Waals surface area contributed by atoms with Gasteiger partial charge in [-0.25, -0.2) is 0 Å². The molecule has 1 aromatic rings. The maximum atomic E-state index is 13.6. The molecule has 3 aliphatic rings. The van der Waals surface area contributed by atoms with Crippen molar-refractivity contribution in [1.29, 1.82) is 0 Å². The Labute approximate surface area is 197 Å². The summed E-state index contributed by atoms with van der Waals surface area (Å²) in [6, 6.07) is 7.91. The van der Waals surface area contributed by atoms with E-state index in [-0.39, 0.29) is 23.7 Å². The van der Waals surface area contributed by atoms with Crippen LogP contribution >= 0.6 is 11.6 Å². The van der Waals surface area contributed by atoms with Gasteiger partial charge in [0.15, 0.2) is 0 Å². The number of likely N-dealkylation sites (tertiary alicyclic amines) is 1. The Bertz CT molecular complexity index is 783. The molecule has 0 bridgehead atoms. The van der Waals surface area contributed by atoms with Crippen molar-refractivity contribution in [3.8, 4) is 0 Å². The van der Waals surface area contributed by atoms with E-state index in [9.17, 15) is 9.59 Å². The fraction of sp³-hybridized carbons (Fsp3) is 0.692. The number of esters is 1. The fourth-order valence-corrected chi connectivity index (χ4v) is 6.41. The van der Waals surface area contributed by atoms with E-state index in [1.807, 2.05) is 36.1 Å². The highest BCUT2D eigenvalue weighted by molar-refractivity contribution is 6.30. The van der Waals surface area contributed by atoms with Gasteiger partial charge < -0.3 is 15.0 Å². The number of carbonyl (C=O) groups is 2. The molecule has 0 spiro atoms. The van der Waals surface area contributed by atoms with E-state index in [0.717, 1.165) is 50.2 Å². The van der Waals surface area contributed by atoms with Gasteiger partial charge in [0.05, 0.1) is 12.0 Å². The molecule has 2 heterocycles. The summed E-state index contributed by atoms with van der Waals surface area (Å²) in [6.45, 7) is 5.30. The van der Waals surface area contributed by atoms with Crippen molar-refractivity contribution in [2.24, 2.45) is 17.3 Å². The van der Waals surface area contributed by atoms with Crippen molar-refractivity contribution in [2.45, 2.75) is 64.2 Å². The highest BCUT2D eigenvalue weighted by Gasteiger charge is 2.50. The van der Waals surface area contributed by atoms with Crippen LogP contribution in [0.4, 0.5) is 0 Å². The normalized spacial score (nSPS) is 26.5. The monoisotopic (exact) mass is 460 g/mol. The van der Waals surface area contributed by atoms with E-state index >= 15 is 0 Å². The summed E-state index contributed by atoms with van der Waals surface area (Å²) in [5.41, 5.74) is 0.761. The average molecular weight is 461 g/mol. The minimum atomic E-state index is -0.406.